The van der Waals surface area contributed by atoms with Gasteiger partial charge in [-0.15, -0.1) is 0 Å². The fourth-order valence-corrected chi connectivity index (χ4v) is 2.47. The molecule has 2 rings (SSSR count). The molecule has 2 heterocycles. The molecule has 0 fully saturated rings. The van der Waals surface area contributed by atoms with Crippen molar-refractivity contribution in [1.82, 2.24) is 14.5 Å². The van der Waals surface area contributed by atoms with Gasteiger partial charge in [0.2, 0.25) is 11.8 Å². The van der Waals surface area contributed by atoms with Crippen LogP contribution in [0, 0.1) is 0 Å². The minimum atomic E-state index is 0.259. The maximum atomic E-state index is 5.94. The van der Waals surface area contributed by atoms with Gasteiger partial charge in [-0.05, 0) is 19.2 Å². The van der Waals surface area contributed by atoms with E-state index in [0.29, 0.717) is 11.8 Å². The number of nitrogen functional groups attached to an aromatic ring is 1. The molecule has 1 atom stereocenters. The lowest BCUT2D eigenvalue weighted by molar-refractivity contribution is 0.398. The smallest absolute Gasteiger partial charge is 0.215 e. The molecule has 0 aromatic carbocycles. The van der Waals surface area contributed by atoms with Crippen LogP contribution in [0.2, 0.25) is 0 Å². The highest BCUT2D eigenvalue weighted by Crippen LogP contribution is 2.24. The van der Waals surface area contributed by atoms with Gasteiger partial charge in [0.15, 0.2) is 5.65 Å². The third-order valence-corrected chi connectivity index (χ3v) is 3.41. The Labute approximate surface area is 104 Å². The molecule has 0 saturated carbocycles. The average molecular weight is 252 g/mol. The second-order valence-electron chi connectivity index (χ2n) is 3.84. The fourth-order valence-electron chi connectivity index (χ4n) is 1.84. The third-order valence-electron chi connectivity index (χ3n) is 2.60. The molecule has 0 amide bonds. The molecule has 0 spiro atoms. The lowest BCUT2D eigenvalue weighted by Crippen LogP contribution is -2.11. The first kappa shape index (κ1) is 12.0. The zero-order chi connectivity index (χ0) is 12.4. The number of nitrogens with zero attached hydrogens (tertiary/aromatic N) is 3. The molecule has 0 bridgehead atoms. The van der Waals surface area contributed by atoms with Crippen LogP contribution in [0.25, 0.3) is 11.2 Å². The number of fused-ring (bicyclic) bond motifs is 1. The van der Waals surface area contributed by atoms with Crippen LogP contribution in [0.5, 0.6) is 5.88 Å². The summed E-state index contributed by atoms with van der Waals surface area (Å²) in [7, 11) is 1.60. The molecule has 0 radical (unpaired) electrons. The molecule has 17 heavy (non-hydrogen) atoms. The zero-order valence-electron chi connectivity index (χ0n) is 10.2. The van der Waals surface area contributed by atoms with Crippen molar-refractivity contribution in [3.05, 3.63) is 12.1 Å². The molecule has 0 saturated heterocycles. The second kappa shape index (κ2) is 4.83. The summed E-state index contributed by atoms with van der Waals surface area (Å²) >= 11 is 1.77. The molecule has 92 valence electrons. The summed E-state index contributed by atoms with van der Waals surface area (Å²) in [5.74, 6) is 2.05. The van der Waals surface area contributed by atoms with Gasteiger partial charge in [0, 0.05) is 17.9 Å². The lowest BCUT2D eigenvalue weighted by atomic mass is 10.3. The summed E-state index contributed by atoms with van der Waals surface area (Å²) in [5.41, 5.74) is 7.52. The van der Waals surface area contributed by atoms with E-state index in [2.05, 4.69) is 23.1 Å². The first-order chi connectivity index (χ1) is 8.17. The second-order valence-corrected chi connectivity index (χ2v) is 4.75. The van der Waals surface area contributed by atoms with Crippen molar-refractivity contribution in [3.63, 3.8) is 0 Å². The number of ether oxygens (including phenoxy) is 1. The number of pyridine rings is 1. The quantitative estimate of drug-likeness (QED) is 0.901. The predicted molar refractivity (Wildman–Crippen MR) is 71.6 cm³/mol. The van der Waals surface area contributed by atoms with E-state index in [-0.39, 0.29) is 6.04 Å². The van der Waals surface area contributed by atoms with E-state index in [1.54, 1.807) is 24.9 Å². The lowest BCUT2D eigenvalue weighted by Gasteiger charge is -2.14. The highest BCUT2D eigenvalue weighted by atomic mass is 32.2. The fraction of sp³-hybridized carbons (Fsp3) is 0.455. The standard InChI is InChI=1S/C11H16N4OS/c1-7(6-17-3)15-10-8(13-11(15)12)4-5-9(14-10)16-2/h4-5,7H,6H2,1-3H3,(H2,12,13). The average Bonchev–Trinajstić information content (AvgIpc) is 2.64. The van der Waals surface area contributed by atoms with Crippen LogP contribution in [0.15, 0.2) is 12.1 Å². The monoisotopic (exact) mass is 252 g/mol. The van der Waals surface area contributed by atoms with Gasteiger partial charge >= 0.3 is 0 Å². The SMILES string of the molecule is COc1ccc2nc(N)n(C(C)CSC)c2n1. The van der Waals surface area contributed by atoms with E-state index in [4.69, 9.17) is 10.5 Å². The molecule has 1 unspecified atom stereocenters. The van der Waals surface area contributed by atoms with Gasteiger partial charge in [0.25, 0.3) is 0 Å². The minimum absolute atomic E-state index is 0.259. The summed E-state index contributed by atoms with van der Waals surface area (Å²) in [6.45, 7) is 2.11. The Morgan fingerprint density at radius 3 is 2.88 bits per heavy atom. The molecule has 2 N–H and O–H groups in total. The molecule has 0 aliphatic rings. The Kier molecular flexibility index (Phi) is 3.42. The number of rotatable bonds is 4. The third kappa shape index (κ3) is 2.17. The molecule has 0 aliphatic heterocycles. The number of imidazole rings is 1. The largest absolute Gasteiger partial charge is 0.481 e. The van der Waals surface area contributed by atoms with Crippen LogP contribution in [0.4, 0.5) is 5.95 Å². The van der Waals surface area contributed by atoms with E-state index in [9.17, 15) is 0 Å². The van der Waals surface area contributed by atoms with E-state index < -0.39 is 0 Å². The van der Waals surface area contributed by atoms with Crippen molar-refractivity contribution in [3.8, 4) is 5.88 Å². The molecule has 6 heteroatoms. The normalized spacial score (nSPS) is 12.9. The summed E-state index contributed by atoms with van der Waals surface area (Å²) in [6, 6.07) is 3.92. The van der Waals surface area contributed by atoms with Crippen molar-refractivity contribution in [1.29, 1.82) is 0 Å². The zero-order valence-corrected chi connectivity index (χ0v) is 11.0. The number of hydrogen-bond acceptors (Lipinski definition) is 5. The van der Waals surface area contributed by atoms with Gasteiger partial charge in [-0.2, -0.15) is 16.7 Å². The van der Waals surface area contributed by atoms with Crippen molar-refractivity contribution < 1.29 is 4.74 Å². The van der Waals surface area contributed by atoms with E-state index in [0.717, 1.165) is 16.9 Å². The van der Waals surface area contributed by atoms with Crippen LogP contribution in [-0.2, 0) is 0 Å². The van der Waals surface area contributed by atoms with E-state index in [1.807, 2.05) is 10.6 Å². The van der Waals surface area contributed by atoms with Gasteiger partial charge in [0.05, 0.1) is 7.11 Å². The molecule has 5 nitrogen and oxygen atoms in total. The Morgan fingerprint density at radius 2 is 2.24 bits per heavy atom. The Bertz CT molecular complexity index is 525. The van der Waals surface area contributed by atoms with Gasteiger partial charge in [-0.3, -0.25) is 4.57 Å². The molecule has 2 aromatic heterocycles. The van der Waals surface area contributed by atoms with Crippen LogP contribution in [-0.4, -0.2) is 33.7 Å². The minimum Gasteiger partial charge on any atom is -0.481 e. The number of aromatic nitrogens is 3. The van der Waals surface area contributed by atoms with Gasteiger partial charge in [0.1, 0.15) is 5.52 Å². The first-order valence-electron chi connectivity index (χ1n) is 5.34. The van der Waals surface area contributed by atoms with Crippen LogP contribution < -0.4 is 10.5 Å². The van der Waals surface area contributed by atoms with E-state index in [1.165, 1.54) is 0 Å². The van der Waals surface area contributed by atoms with Crippen LogP contribution in [0.3, 0.4) is 0 Å². The number of hydrogen-bond donors (Lipinski definition) is 1. The highest BCUT2D eigenvalue weighted by Gasteiger charge is 2.15. The van der Waals surface area contributed by atoms with Gasteiger partial charge < -0.3 is 10.5 Å². The maximum Gasteiger partial charge on any atom is 0.215 e. The molecule has 2 aromatic rings. The van der Waals surface area contributed by atoms with E-state index >= 15 is 0 Å². The summed E-state index contributed by atoms with van der Waals surface area (Å²) in [4.78, 5) is 8.71. The van der Waals surface area contributed by atoms with Crippen molar-refractivity contribution in [2.24, 2.45) is 0 Å². The number of nitrogens with two attached hydrogens (primary N) is 1. The maximum absolute atomic E-state index is 5.94. The topological polar surface area (TPSA) is 66.0 Å². The molecule has 0 aliphatic carbocycles. The summed E-state index contributed by atoms with van der Waals surface area (Å²) < 4.78 is 7.08. The van der Waals surface area contributed by atoms with Crippen molar-refractivity contribution in [2.75, 3.05) is 24.9 Å². The van der Waals surface area contributed by atoms with Crippen LogP contribution in [0.1, 0.15) is 13.0 Å². The number of methoxy groups -OCH3 is 1. The first-order valence-corrected chi connectivity index (χ1v) is 6.74. The molecular formula is C11H16N4OS. The number of anilines is 1. The summed E-state index contributed by atoms with van der Waals surface area (Å²) in [5, 5.41) is 0. The van der Waals surface area contributed by atoms with Crippen molar-refractivity contribution in [2.45, 2.75) is 13.0 Å². The predicted octanol–water partition coefficient (Wildman–Crippen LogP) is 1.95. The van der Waals surface area contributed by atoms with Crippen molar-refractivity contribution >= 4 is 28.9 Å². The number of thioether (sulfide) groups is 1. The Balaban J connectivity index is 2.55. The van der Waals surface area contributed by atoms with Gasteiger partial charge in [-0.1, -0.05) is 0 Å². The van der Waals surface area contributed by atoms with Crippen LogP contribution >= 0.6 is 11.8 Å². The Hall–Kier alpha value is -1.43. The highest BCUT2D eigenvalue weighted by molar-refractivity contribution is 7.98. The molecular weight excluding hydrogens is 236 g/mol. The Morgan fingerprint density at radius 1 is 1.47 bits per heavy atom. The summed E-state index contributed by atoms with van der Waals surface area (Å²) in [6.07, 6.45) is 2.07. The van der Waals surface area contributed by atoms with Gasteiger partial charge in [-0.25, -0.2) is 4.98 Å².